The van der Waals surface area contributed by atoms with E-state index in [9.17, 15) is 9.90 Å². The molecule has 0 saturated carbocycles. The Morgan fingerprint density at radius 1 is 1.47 bits per heavy atom. The molecule has 1 aromatic rings. The molecule has 0 spiro atoms. The molecule has 1 aliphatic heterocycles. The fraction of sp³-hybridized carbons (Fsp3) is 0.462. The number of amides is 1. The Kier molecular flexibility index (Phi) is 3.33. The zero-order chi connectivity index (χ0) is 12.4. The molecule has 3 N–H and O–H groups in total. The third-order valence-electron chi connectivity index (χ3n) is 3.31. The van der Waals surface area contributed by atoms with E-state index in [1.165, 1.54) is 6.07 Å². The Morgan fingerprint density at radius 3 is 2.82 bits per heavy atom. The molecule has 4 nitrogen and oxygen atoms in total. The van der Waals surface area contributed by atoms with Gasteiger partial charge in [0.2, 0.25) is 0 Å². The molecule has 0 bridgehead atoms. The molecule has 1 fully saturated rings. The van der Waals surface area contributed by atoms with Crippen molar-refractivity contribution in [1.82, 2.24) is 10.6 Å². The number of phenols is 1. The smallest absolute Gasteiger partial charge is 0.251 e. The van der Waals surface area contributed by atoms with Crippen molar-refractivity contribution in [3.63, 3.8) is 0 Å². The third kappa shape index (κ3) is 2.58. The topological polar surface area (TPSA) is 61.4 Å². The van der Waals surface area contributed by atoms with Gasteiger partial charge in [-0.2, -0.15) is 0 Å². The number of nitrogens with one attached hydrogen (secondary N) is 2. The van der Waals surface area contributed by atoms with Crippen LogP contribution in [-0.2, 0) is 0 Å². The van der Waals surface area contributed by atoms with Gasteiger partial charge < -0.3 is 15.7 Å². The number of phenolic OH excluding ortho intramolecular Hbond substituents is 1. The fourth-order valence-electron chi connectivity index (χ4n) is 2.01. The minimum absolute atomic E-state index is 0.124. The van der Waals surface area contributed by atoms with Crippen molar-refractivity contribution < 1.29 is 9.90 Å². The Morgan fingerprint density at radius 2 is 2.24 bits per heavy atom. The van der Waals surface area contributed by atoms with E-state index < -0.39 is 0 Å². The summed E-state index contributed by atoms with van der Waals surface area (Å²) < 4.78 is 0. The van der Waals surface area contributed by atoms with Gasteiger partial charge in [-0.25, -0.2) is 0 Å². The third-order valence-corrected chi connectivity index (χ3v) is 3.31. The van der Waals surface area contributed by atoms with Gasteiger partial charge >= 0.3 is 0 Å². The summed E-state index contributed by atoms with van der Waals surface area (Å²) in [5.41, 5.74) is 1.28. The normalized spacial score (nSPS) is 23.6. The van der Waals surface area contributed by atoms with Crippen LogP contribution in [0, 0.1) is 12.8 Å². The van der Waals surface area contributed by atoms with Gasteiger partial charge in [0.05, 0.1) is 0 Å². The molecule has 0 aliphatic carbocycles. The monoisotopic (exact) mass is 234 g/mol. The number of benzene rings is 1. The lowest BCUT2D eigenvalue weighted by Crippen LogP contribution is -2.39. The molecule has 4 heteroatoms. The second kappa shape index (κ2) is 4.75. The largest absolute Gasteiger partial charge is 0.508 e. The maximum absolute atomic E-state index is 12.0. The minimum atomic E-state index is -0.124. The summed E-state index contributed by atoms with van der Waals surface area (Å²) in [7, 11) is 0. The Balaban J connectivity index is 2.06. The first-order valence-electron chi connectivity index (χ1n) is 5.89. The van der Waals surface area contributed by atoms with Crippen LogP contribution in [0.25, 0.3) is 0 Å². The highest BCUT2D eigenvalue weighted by Gasteiger charge is 2.24. The molecule has 17 heavy (non-hydrogen) atoms. The number of carbonyl (C=O) groups is 1. The van der Waals surface area contributed by atoms with E-state index in [2.05, 4.69) is 17.6 Å². The second-order valence-electron chi connectivity index (χ2n) is 4.72. The highest BCUT2D eigenvalue weighted by Crippen LogP contribution is 2.18. The quantitative estimate of drug-likeness (QED) is 0.716. The van der Waals surface area contributed by atoms with Crippen LogP contribution in [0.2, 0.25) is 0 Å². The van der Waals surface area contributed by atoms with Crippen LogP contribution in [0.3, 0.4) is 0 Å². The molecular weight excluding hydrogens is 216 g/mol. The first kappa shape index (κ1) is 11.9. The molecule has 0 aromatic heterocycles. The highest BCUT2D eigenvalue weighted by molar-refractivity contribution is 5.94. The zero-order valence-corrected chi connectivity index (χ0v) is 10.2. The van der Waals surface area contributed by atoms with Crippen LogP contribution in [0.5, 0.6) is 5.75 Å². The van der Waals surface area contributed by atoms with Gasteiger partial charge in [0.15, 0.2) is 0 Å². The van der Waals surface area contributed by atoms with Gasteiger partial charge in [-0.3, -0.25) is 4.79 Å². The zero-order valence-electron chi connectivity index (χ0n) is 10.2. The van der Waals surface area contributed by atoms with Crippen molar-refractivity contribution >= 4 is 5.91 Å². The van der Waals surface area contributed by atoms with E-state index in [0.717, 1.165) is 18.7 Å². The van der Waals surface area contributed by atoms with Gasteiger partial charge in [-0.05, 0) is 37.1 Å². The minimum Gasteiger partial charge on any atom is -0.508 e. The molecule has 1 amide bonds. The summed E-state index contributed by atoms with van der Waals surface area (Å²) in [5, 5.41) is 15.8. The van der Waals surface area contributed by atoms with E-state index in [1.807, 2.05) is 0 Å². The first-order chi connectivity index (χ1) is 8.08. The maximum Gasteiger partial charge on any atom is 0.251 e. The second-order valence-corrected chi connectivity index (χ2v) is 4.72. The van der Waals surface area contributed by atoms with Gasteiger partial charge in [0, 0.05) is 18.2 Å². The van der Waals surface area contributed by atoms with Crippen molar-refractivity contribution in [2.75, 3.05) is 13.1 Å². The van der Waals surface area contributed by atoms with Crippen LogP contribution in [0.15, 0.2) is 18.2 Å². The predicted molar refractivity (Wildman–Crippen MR) is 66.1 cm³/mol. The van der Waals surface area contributed by atoms with Gasteiger partial charge in [-0.15, -0.1) is 0 Å². The summed E-state index contributed by atoms with van der Waals surface area (Å²) in [4.78, 5) is 12.0. The summed E-state index contributed by atoms with van der Waals surface area (Å²) in [5.74, 6) is 0.481. The van der Waals surface area contributed by atoms with Gasteiger partial charge in [0.25, 0.3) is 5.91 Å². The van der Waals surface area contributed by atoms with Crippen LogP contribution in [-0.4, -0.2) is 30.1 Å². The van der Waals surface area contributed by atoms with Crippen molar-refractivity contribution in [2.24, 2.45) is 5.92 Å². The van der Waals surface area contributed by atoms with E-state index in [1.54, 1.807) is 19.1 Å². The average Bonchev–Trinajstić information content (AvgIpc) is 2.68. The van der Waals surface area contributed by atoms with E-state index in [0.29, 0.717) is 11.5 Å². The summed E-state index contributed by atoms with van der Waals surface area (Å²) in [6.45, 7) is 5.66. The SMILES string of the molecule is Cc1ccc(C(=O)NC2CNCC2C)cc1O. The molecule has 92 valence electrons. The van der Waals surface area contributed by atoms with Crippen molar-refractivity contribution in [1.29, 1.82) is 0 Å². The summed E-state index contributed by atoms with van der Waals surface area (Å²) >= 11 is 0. The summed E-state index contributed by atoms with van der Waals surface area (Å²) in [6, 6.07) is 5.17. The molecule has 1 saturated heterocycles. The fourth-order valence-corrected chi connectivity index (χ4v) is 2.01. The van der Waals surface area contributed by atoms with Crippen molar-refractivity contribution in [3.05, 3.63) is 29.3 Å². The molecule has 1 aliphatic rings. The van der Waals surface area contributed by atoms with Crippen LogP contribution >= 0.6 is 0 Å². The molecular formula is C13H18N2O2. The highest BCUT2D eigenvalue weighted by atomic mass is 16.3. The van der Waals surface area contributed by atoms with Crippen LogP contribution < -0.4 is 10.6 Å². The van der Waals surface area contributed by atoms with E-state index >= 15 is 0 Å². The van der Waals surface area contributed by atoms with E-state index in [4.69, 9.17) is 0 Å². The number of carbonyl (C=O) groups excluding carboxylic acids is 1. The molecule has 2 rings (SSSR count). The number of aryl methyl sites for hydroxylation is 1. The van der Waals surface area contributed by atoms with Crippen molar-refractivity contribution in [2.45, 2.75) is 19.9 Å². The maximum atomic E-state index is 12.0. The molecule has 1 heterocycles. The first-order valence-corrected chi connectivity index (χ1v) is 5.89. The number of hydrogen-bond acceptors (Lipinski definition) is 3. The average molecular weight is 234 g/mol. The van der Waals surface area contributed by atoms with Gasteiger partial charge in [0.1, 0.15) is 5.75 Å². The Bertz CT molecular complexity index is 431. The molecule has 0 radical (unpaired) electrons. The Hall–Kier alpha value is -1.55. The van der Waals surface area contributed by atoms with Crippen LogP contribution in [0.1, 0.15) is 22.8 Å². The van der Waals surface area contributed by atoms with Crippen molar-refractivity contribution in [3.8, 4) is 5.75 Å². The standard InChI is InChI=1S/C13H18N2O2/c1-8-3-4-10(5-12(8)16)13(17)15-11-7-14-6-9(11)2/h3-5,9,11,14,16H,6-7H2,1-2H3,(H,15,17). The molecule has 2 unspecified atom stereocenters. The lowest BCUT2D eigenvalue weighted by Gasteiger charge is -2.16. The lowest BCUT2D eigenvalue weighted by atomic mass is 10.1. The lowest BCUT2D eigenvalue weighted by molar-refractivity contribution is 0.0932. The number of rotatable bonds is 2. The van der Waals surface area contributed by atoms with Gasteiger partial charge in [-0.1, -0.05) is 13.0 Å². The Labute approximate surface area is 101 Å². The molecule has 2 atom stereocenters. The summed E-state index contributed by atoms with van der Waals surface area (Å²) in [6.07, 6.45) is 0. The number of hydrogen-bond donors (Lipinski definition) is 3. The predicted octanol–water partition coefficient (Wildman–Crippen LogP) is 1.04. The van der Waals surface area contributed by atoms with Crippen LogP contribution in [0.4, 0.5) is 0 Å². The number of aromatic hydroxyl groups is 1. The molecule has 1 aromatic carbocycles. The van der Waals surface area contributed by atoms with E-state index in [-0.39, 0.29) is 17.7 Å².